The minimum absolute atomic E-state index is 0.0471. The quantitative estimate of drug-likeness (QED) is 0.439. The van der Waals surface area contributed by atoms with E-state index in [2.05, 4.69) is 5.32 Å². The van der Waals surface area contributed by atoms with E-state index in [1.54, 1.807) is 12.1 Å². The van der Waals surface area contributed by atoms with Gasteiger partial charge in [0.2, 0.25) is 0 Å². The van der Waals surface area contributed by atoms with E-state index >= 15 is 0 Å². The van der Waals surface area contributed by atoms with Crippen molar-refractivity contribution in [3.63, 3.8) is 0 Å². The molecule has 2 atom stereocenters. The highest BCUT2D eigenvalue weighted by atomic mass is 35.5. The molecule has 3 aromatic carbocycles. The maximum absolute atomic E-state index is 10.9. The molecule has 0 radical (unpaired) electrons. The second-order valence-electron chi connectivity index (χ2n) is 6.45. The number of amidine groups is 1. The summed E-state index contributed by atoms with van der Waals surface area (Å²) in [7, 11) is 0. The molecule has 1 N–H and O–H groups in total. The molecule has 0 spiro atoms. The van der Waals surface area contributed by atoms with Crippen LogP contribution >= 0.6 is 23.2 Å². The van der Waals surface area contributed by atoms with Gasteiger partial charge in [-0.3, -0.25) is 15.1 Å². The van der Waals surface area contributed by atoms with Crippen LogP contribution in [-0.2, 0) is 0 Å². The average Bonchev–Trinajstić information content (AvgIpc) is 3.14. The van der Waals surface area contributed by atoms with E-state index in [4.69, 9.17) is 28.2 Å². The van der Waals surface area contributed by atoms with E-state index in [9.17, 15) is 10.1 Å². The van der Waals surface area contributed by atoms with Gasteiger partial charge in [-0.2, -0.15) is 0 Å². The van der Waals surface area contributed by atoms with Gasteiger partial charge in [-0.25, -0.2) is 0 Å². The standard InChI is InChI=1S/C21H15Cl2N3O2/c22-16-7-1-13(2-8-16)19-20(14-3-9-17(23)10-4-14)25-21(24-19)15-5-11-18(12-6-15)26(27)28/h1-12,19-20H,(H,24,25)/t19-,20+. The van der Waals surface area contributed by atoms with Crippen LogP contribution < -0.4 is 5.32 Å². The number of halogens is 2. The number of non-ortho nitro benzene ring substituents is 1. The number of nitro benzene ring substituents is 1. The van der Waals surface area contributed by atoms with E-state index in [1.165, 1.54) is 12.1 Å². The summed E-state index contributed by atoms with van der Waals surface area (Å²) >= 11 is 12.1. The molecule has 0 amide bonds. The molecule has 0 aromatic heterocycles. The molecule has 0 fully saturated rings. The van der Waals surface area contributed by atoms with Crippen LogP contribution in [0.2, 0.25) is 10.0 Å². The lowest BCUT2D eigenvalue weighted by atomic mass is 9.95. The Morgan fingerprint density at radius 2 is 1.36 bits per heavy atom. The van der Waals surface area contributed by atoms with Crippen LogP contribution in [0.4, 0.5) is 5.69 Å². The number of benzene rings is 3. The zero-order chi connectivity index (χ0) is 19.7. The molecule has 3 aromatic rings. The zero-order valence-electron chi connectivity index (χ0n) is 14.5. The van der Waals surface area contributed by atoms with E-state index in [1.807, 2.05) is 48.5 Å². The first kappa shape index (κ1) is 18.5. The Bertz CT molecular complexity index is 1030. The maximum atomic E-state index is 10.9. The highest BCUT2D eigenvalue weighted by molar-refractivity contribution is 6.30. The Morgan fingerprint density at radius 3 is 1.89 bits per heavy atom. The van der Waals surface area contributed by atoms with Crippen molar-refractivity contribution in [3.8, 4) is 0 Å². The molecule has 0 bridgehead atoms. The van der Waals surface area contributed by atoms with Crippen molar-refractivity contribution < 1.29 is 4.92 Å². The molecule has 1 heterocycles. The minimum Gasteiger partial charge on any atom is -0.361 e. The normalized spacial score (nSPS) is 18.4. The van der Waals surface area contributed by atoms with Crippen LogP contribution in [0.5, 0.6) is 0 Å². The van der Waals surface area contributed by atoms with Crippen LogP contribution in [0, 0.1) is 10.1 Å². The molecule has 0 saturated carbocycles. The molecular weight excluding hydrogens is 397 g/mol. The third-order valence-electron chi connectivity index (χ3n) is 4.67. The lowest BCUT2D eigenvalue weighted by Gasteiger charge is -2.20. The number of hydrogen-bond donors (Lipinski definition) is 1. The molecule has 1 aliphatic rings. The zero-order valence-corrected chi connectivity index (χ0v) is 16.1. The van der Waals surface area contributed by atoms with Gasteiger partial charge in [0.05, 0.1) is 11.0 Å². The summed E-state index contributed by atoms with van der Waals surface area (Å²) < 4.78 is 0. The second kappa shape index (κ2) is 7.62. The van der Waals surface area contributed by atoms with E-state index in [0.717, 1.165) is 16.7 Å². The monoisotopic (exact) mass is 411 g/mol. The van der Waals surface area contributed by atoms with Crippen molar-refractivity contribution in [1.82, 2.24) is 5.32 Å². The lowest BCUT2D eigenvalue weighted by Crippen LogP contribution is -2.25. The number of nitro groups is 1. The van der Waals surface area contributed by atoms with Gasteiger partial charge in [0.25, 0.3) is 5.69 Å². The predicted molar refractivity (Wildman–Crippen MR) is 111 cm³/mol. The van der Waals surface area contributed by atoms with Crippen LogP contribution in [0.1, 0.15) is 28.8 Å². The van der Waals surface area contributed by atoms with E-state index < -0.39 is 4.92 Å². The highest BCUT2D eigenvalue weighted by Gasteiger charge is 2.31. The fraction of sp³-hybridized carbons (Fsp3) is 0.0952. The fourth-order valence-electron chi connectivity index (χ4n) is 3.24. The summed E-state index contributed by atoms with van der Waals surface area (Å²) in [5, 5.41) is 15.7. The van der Waals surface area contributed by atoms with Crippen molar-refractivity contribution in [3.05, 3.63) is 110 Å². The number of rotatable bonds is 4. The number of hydrogen-bond acceptors (Lipinski definition) is 4. The second-order valence-corrected chi connectivity index (χ2v) is 7.32. The lowest BCUT2D eigenvalue weighted by molar-refractivity contribution is -0.384. The van der Waals surface area contributed by atoms with Crippen molar-refractivity contribution in [2.45, 2.75) is 12.1 Å². The van der Waals surface area contributed by atoms with Gasteiger partial charge in [-0.1, -0.05) is 47.5 Å². The molecule has 0 aliphatic carbocycles. The Labute approximate surface area is 171 Å². The predicted octanol–water partition coefficient (Wildman–Crippen LogP) is 5.73. The van der Waals surface area contributed by atoms with Crippen LogP contribution in [0.3, 0.4) is 0 Å². The van der Waals surface area contributed by atoms with Crippen molar-refractivity contribution in [2.75, 3.05) is 0 Å². The summed E-state index contributed by atoms with van der Waals surface area (Å²) in [6, 6.07) is 21.3. The molecular formula is C21H15Cl2N3O2. The molecule has 140 valence electrons. The van der Waals surface area contributed by atoms with E-state index in [-0.39, 0.29) is 17.8 Å². The molecule has 28 heavy (non-hydrogen) atoms. The molecule has 4 rings (SSSR count). The van der Waals surface area contributed by atoms with Crippen molar-refractivity contribution >= 4 is 34.7 Å². The third kappa shape index (κ3) is 3.72. The number of nitrogens with one attached hydrogen (secondary N) is 1. The van der Waals surface area contributed by atoms with Gasteiger partial charge < -0.3 is 5.32 Å². The van der Waals surface area contributed by atoms with Gasteiger partial charge in [0.15, 0.2) is 0 Å². The summed E-state index contributed by atoms with van der Waals surface area (Å²) in [4.78, 5) is 15.4. The Morgan fingerprint density at radius 1 is 0.821 bits per heavy atom. The Kier molecular flexibility index (Phi) is 5.03. The summed E-state index contributed by atoms with van der Waals surface area (Å²) in [6.45, 7) is 0. The van der Waals surface area contributed by atoms with Gasteiger partial charge in [-0.15, -0.1) is 0 Å². The van der Waals surface area contributed by atoms with Crippen LogP contribution in [0.15, 0.2) is 77.8 Å². The molecule has 0 unspecified atom stereocenters. The largest absolute Gasteiger partial charge is 0.361 e. The topological polar surface area (TPSA) is 67.5 Å². The fourth-order valence-corrected chi connectivity index (χ4v) is 3.49. The summed E-state index contributed by atoms with van der Waals surface area (Å²) in [5.41, 5.74) is 2.91. The van der Waals surface area contributed by atoms with Crippen LogP contribution in [0.25, 0.3) is 0 Å². The first-order chi connectivity index (χ1) is 13.5. The van der Waals surface area contributed by atoms with Crippen LogP contribution in [-0.4, -0.2) is 10.8 Å². The smallest absolute Gasteiger partial charge is 0.269 e. The average molecular weight is 412 g/mol. The van der Waals surface area contributed by atoms with Crippen molar-refractivity contribution in [2.24, 2.45) is 4.99 Å². The van der Waals surface area contributed by atoms with E-state index in [0.29, 0.717) is 15.9 Å². The maximum Gasteiger partial charge on any atom is 0.269 e. The van der Waals surface area contributed by atoms with Crippen molar-refractivity contribution in [1.29, 1.82) is 0 Å². The SMILES string of the molecule is O=[N+]([O-])c1ccc(C2=N[C@H](c3ccc(Cl)cc3)[C@H](c3ccc(Cl)cc3)N2)cc1. The molecule has 0 saturated heterocycles. The third-order valence-corrected chi connectivity index (χ3v) is 5.17. The molecule has 1 aliphatic heterocycles. The first-order valence-electron chi connectivity index (χ1n) is 8.61. The highest BCUT2D eigenvalue weighted by Crippen LogP contribution is 2.37. The number of aliphatic imine (C=N–C) groups is 1. The Hall–Kier alpha value is -2.89. The minimum atomic E-state index is -0.416. The molecule has 7 heteroatoms. The van der Waals surface area contributed by atoms with Gasteiger partial charge in [0.1, 0.15) is 11.9 Å². The first-order valence-corrected chi connectivity index (χ1v) is 9.37. The van der Waals surface area contributed by atoms with Gasteiger partial charge in [-0.05, 0) is 47.5 Å². The summed E-state index contributed by atoms with van der Waals surface area (Å²) in [5.74, 6) is 0.690. The molecule has 5 nitrogen and oxygen atoms in total. The van der Waals surface area contributed by atoms with Gasteiger partial charge in [0, 0.05) is 27.7 Å². The Balaban J connectivity index is 1.72. The number of nitrogens with zero attached hydrogens (tertiary/aromatic N) is 2. The van der Waals surface area contributed by atoms with Gasteiger partial charge >= 0.3 is 0 Å². The summed E-state index contributed by atoms with van der Waals surface area (Å²) in [6.07, 6.45) is 0.